The van der Waals surface area contributed by atoms with Gasteiger partial charge in [-0.2, -0.15) is 5.26 Å². The van der Waals surface area contributed by atoms with E-state index in [1.54, 1.807) is 7.05 Å². The van der Waals surface area contributed by atoms with Crippen LogP contribution in [-0.2, 0) is 7.05 Å². The smallest absolute Gasteiger partial charge is 0.404 e. The molecule has 1 aliphatic rings. The number of hydrogen-bond acceptors (Lipinski definition) is 8. The van der Waals surface area contributed by atoms with Crippen LogP contribution in [0.5, 0.6) is 5.75 Å². The molecule has 3 aromatic rings. The summed E-state index contributed by atoms with van der Waals surface area (Å²) in [6, 6.07) is 4.72. The minimum atomic E-state index is -4.76. The number of hydrogen-bond donors (Lipinski definition) is 1. The molecule has 2 atom stereocenters. The molecule has 4 rings (SSSR count). The molecule has 1 aliphatic heterocycles. The molecule has 4 heterocycles. The van der Waals surface area contributed by atoms with Crippen molar-refractivity contribution in [2.24, 2.45) is 13.0 Å². The highest BCUT2D eigenvalue weighted by atomic mass is 32.1. The number of pyridine rings is 2. The van der Waals surface area contributed by atoms with Gasteiger partial charge < -0.3 is 19.5 Å². The van der Waals surface area contributed by atoms with Gasteiger partial charge in [-0.25, -0.2) is 9.97 Å². The minimum Gasteiger partial charge on any atom is -0.404 e. The van der Waals surface area contributed by atoms with Gasteiger partial charge in [-0.3, -0.25) is 4.79 Å². The number of thiazole rings is 1. The molecule has 174 valence electrons. The van der Waals surface area contributed by atoms with E-state index in [0.29, 0.717) is 36.5 Å². The van der Waals surface area contributed by atoms with Gasteiger partial charge in [0.25, 0.3) is 5.56 Å². The van der Waals surface area contributed by atoms with Crippen LogP contribution in [0.2, 0.25) is 0 Å². The molecule has 1 fully saturated rings. The van der Waals surface area contributed by atoms with Crippen molar-refractivity contribution in [3.63, 3.8) is 0 Å². The lowest BCUT2D eigenvalue weighted by molar-refractivity contribution is -0.274. The van der Waals surface area contributed by atoms with Crippen LogP contribution in [0.1, 0.15) is 23.9 Å². The number of aromatic nitrogens is 3. The van der Waals surface area contributed by atoms with Crippen LogP contribution in [0.15, 0.2) is 23.1 Å². The van der Waals surface area contributed by atoms with Crippen molar-refractivity contribution in [2.45, 2.75) is 32.7 Å². The van der Waals surface area contributed by atoms with E-state index in [0.717, 1.165) is 16.0 Å². The normalized spacial score (nSPS) is 18.9. The number of nitrogens with one attached hydrogen (secondary N) is 1. The first kappa shape index (κ1) is 22.8. The molecule has 8 nitrogen and oxygen atoms in total. The van der Waals surface area contributed by atoms with Crippen LogP contribution in [0.25, 0.3) is 10.3 Å². The first-order chi connectivity index (χ1) is 15.6. The first-order valence-corrected chi connectivity index (χ1v) is 11.0. The summed E-state index contributed by atoms with van der Waals surface area (Å²) in [7, 11) is 1.64. The highest BCUT2D eigenvalue weighted by molar-refractivity contribution is 7.18. The molecule has 1 saturated heterocycles. The number of anilines is 2. The van der Waals surface area contributed by atoms with Gasteiger partial charge in [-0.15, -0.1) is 24.5 Å². The molecule has 0 aromatic carbocycles. The fourth-order valence-corrected chi connectivity index (χ4v) is 4.97. The Morgan fingerprint density at radius 3 is 2.73 bits per heavy atom. The summed E-state index contributed by atoms with van der Waals surface area (Å²) in [4.78, 5) is 24.1. The number of rotatable bonds is 4. The number of ether oxygens (including phenoxy) is 1. The SMILES string of the molecule is Cc1nc2c(N3CCC(Nc4ccc(OC(F)(F)F)cn4)C(C)C3)c(C#N)c(=O)n(C)c2s1. The molecule has 0 radical (unpaired) electrons. The fourth-order valence-electron chi connectivity index (χ4n) is 4.10. The Morgan fingerprint density at radius 2 is 2.12 bits per heavy atom. The summed E-state index contributed by atoms with van der Waals surface area (Å²) in [5.41, 5.74) is 0.950. The molecule has 1 N–H and O–H groups in total. The van der Waals surface area contributed by atoms with E-state index in [2.05, 4.69) is 26.1 Å². The minimum absolute atomic E-state index is 0.00729. The van der Waals surface area contributed by atoms with Gasteiger partial charge in [-0.1, -0.05) is 6.92 Å². The molecule has 0 aliphatic carbocycles. The predicted molar refractivity (Wildman–Crippen MR) is 119 cm³/mol. The average Bonchev–Trinajstić information content (AvgIpc) is 3.13. The third kappa shape index (κ3) is 4.59. The number of halogens is 3. The lowest BCUT2D eigenvalue weighted by Crippen LogP contribution is -2.46. The van der Waals surface area contributed by atoms with E-state index in [9.17, 15) is 23.2 Å². The second-order valence-corrected chi connectivity index (χ2v) is 9.16. The third-order valence-corrected chi connectivity index (χ3v) is 6.68. The quantitative estimate of drug-likeness (QED) is 0.609. The van der Waals surface area contributed by atoms with Gasteiger partial charge in [0.15, 0.2) is 0 Å². The summed E-state index contributed by atoms with van der Waals surface area (Å²) < 4.78 is 42.3. The lowest BCUT2D eigenvalue weighted by atomic mass is 9.93. The zero-order valence-corrected chi connectivity index (χ0v) is 18.9. The van der Waals surface area contributed by atoms with Crippen LogP contribution in [0.3, 0.4) is 0 Å². The first-order valence-electron chi connectivity index (χ1n) is 10.2. The summed E-state index contributed by atoms with van der Waals surface area (Å²) in [5.74, 6) is 0.156. The second-order valence-electron chi connectivity index (χ2n) is 7.98. The van der Waals surface area contributed by atoms with Gasteiger partial charge in [0.2, 0.25) is 0 Å². The zero-order valence-electron chi connectivity index (χ0n) is 18.1. The van der Waals surface area contributed by atoms with Gasteiger partial charge in [0, 0.05) is 26.2 Å². The monoisotopic (exact) mass is 478 g/mol. The van der Waals surface area contributed by atoms with Crippen molar-refractivity contribution in [1.82, 2.24) is 14.5 Å². The second kappa shape index (κ2) is 8.55. The van der Waals surface area contributed by atoms with Crippen LogP contribution in [0, 0.1) is 24.2 Å². The summed E-state index contributed by atoms with van der Waals surface area (Å²) in [5, 5.41) is 13.8. The maximum Gasteiger partial charge on any atom is 0.573 e. The van der Waals surface area contributed by atoms with Crippen molar-refractivity contribution < 1.29 is 17.9 Å². The Balaban J connectivity index is 1.54. The highest BCUT2D eigenvalue weighted by Gasteiger charge is 2.32. The van der Waals surface area contributed by atoms with E-state index < -0.39 is 6.36 Å². The predicted octanol–water partition coefficient (Wildman–Crippen LogP) is 3.80. The Hall–Kier alpha value is -3.33. The largest absolute Gasteiger partial charge is 0.573 e. The van der Waals surface area contributed by atoms with Gasteiger partial charge >= 0.3 is 6.36 Å². The molecular formula is C21H21F3N6O2S. The standard InChI is InChI=1S/C21H21F3N6O2S/c1-11-10-30(18-14(8-25)19(31)29(3)20-17(18)27-12(2)33-20)7-6-15(11)28-16-5-4-13(9-26-16)32-21(22,23)24/h4-5,9,11,15H,6-7,10H2,1-3H3,(H,26,28). The summed E-state index contributed by atoms with van der Waals surface area (Å²) >= 11 is 1.41. The van der Waals surface area contributed by atoms with Crippen molar-refractivity contribution in [3.05, 3.63) is 39.3 Å². The maximum absolute atomic E-state index is 12.8. The Morgan fingerprint density at radius 1 is 1.36 bits per heavy atom. The maximum atomic E-state index is 12.8. The molecule has 0 amide bonds. The van der Waals surface area contributed by atoms with Crippen LogP contribution >= 0.6 is 11.3 Å². The third-order valence-electron chi connectivity index (χ3n) is 5.64. The Labute approximate surface area is 191 Å². The number of nitrogens with zero attached hydrogens (tertiary/aromatic N) is 5. The van der Waals surface area contributed by atoms with E-state index in [1.165, 1.54) is 28.0 Å². The lowest BCUT2D eigenvalue weighted by Gasteiger charge is -2.39. The van der Waals surface area contributed by atoms with E-state index in [4.69, 9.17) is 0 Å². The van der Waals surface area contributed by atoms with Gasteiger partial charge in [-0.05, 0) is 31.4 Å². The average molecular weight is 479 g/mol. The summed E-state index contributed by atoms with van der Waals surface area (Å²) in [6.07, 6.45) is -3.07. The zero-order chi connectivity index (χ0) is 23.9. The van der Waals surface area contributed by atoms with E-state index >= 15 is 0 Å². The molecule has 0 spiro atoms. The number of alkyl halides is 3. The van der Waals surface area contributed by atoms with Crippen molar-refractivity contribution in [1.29, 1.82) is 5.26 Å². The van der Waals surface area contributed by atoms with Crippen LogP contribution < -0.4 is 20.5 Å². The molecular weight excluding hydrogens is 457 g/mol. The fraction of sp³-hybridized carbons (Fsp3) is 0.429. The molecule has 3 aromatic heterocycles. The number of piperidine rings is 1. The van der Waals surface area contributed by atoms with E-state index in [-0.39, 0.29) is 28.8 Å². The summed E-state index contributed by atoms with van der Waals surface area (Å²) in [6.45, 7) is 5.04. The number of nitriles is 1. The van der Waals surface area contributed by atoms with Gasteiger partial charge in [0.05, 0.1) is 16.9 Å². The Kier molecular flexibility index (Phi) is 5.92. The molecule has 0 bridgehead atoms. The van der Waals surface area contributed by atoms with Crippen LogP contribution in [-0.4, -0.2) is 40.0 Å². The van der Waals surface area contributed by atoms with Gasteiger partial charge in [0.1, 0.15) is 33.5 Å². The number of aryl methyl sites for hydroxylation is 2. The Bertz CT molecular complexity index is 1280. The van der Waals surface area contributed by atoms with Crippen LogP contribution in [0.4, 0.5) is 24.7 Å². The van der Waals surface area contributed by atoms with Crippen molar-refractivity contribution in [2.75, 3.05) is 23.3 Å². The molecule has 33 heavy (non-hydrogen) atoms. The highest BCUT2D eigenvalue weighted by Crippen LogP contribution is 2.34. The molecule has 2 unspecified atom stereocenters. The topological polar surface area (TPSA) is 96.1 Å². The number of fused-ring (bicyclic) bond motifs is 1. The molecule has 0 saturated carbocycles. The molecule has 12 heteroatoms. The van der Waals surface area contributed by atoms with E-state index in [1.807, 2.05) is 18.7 Å². The van der Waals surface area contributed by atoms with Crippen molar-refractivity contribution >= 4 is 33.2 Å². The van der Waals surface area contributed by atoms with Crippen molar-refractivity contribution in [3.8, 4) is 11.8 Å².